The molecule has 3 heterocycles. The van der Waals surface area contributed by atoms with Gasteiger partial charge >= 0.3 is 0 Å². The Bertz CT molecular complexity index is 786. The summed E-state index contributed by atoms with van der Waals surface area (Å²) in [4.78, 5) is 19.7. The first kappa shape index (κ1) is 18.1. The van der Waals surface area contributed by atoms with Crippen LogP contribution in [-0.2, 0) is 16.1 Å². The van der Waals surface area contributed by atoms with Gasteiger partial charge in [0.15, 0.2) is 0 Å². The summed E-state index contributed by atoms with van der Waals surface area (Å²) in [6, 6.07) is 12.1. The van der Waals surface area contributed by atoms with Crippen LogP contribution in [0.5, 0.6) is 0 Å². The van der Waals surface area contributed by atoms with Gasteiger partial charge in [-0.15, -0.1) is 0 Å². The highest BCUT2D eigenvalue weighted by Crippen LogP contribution is 2.26. The average molecular weight is 365 g/mol. The van der Waals surface area contributed by atoms with E-state index in [1.807, 2.05) is 24.4 Å². The van der Waals surface area contributed by atoms with E-state index in [2.05, 4.69) is 40.3 Å². The molecule has 1 N–H and O–H groups in total. The third-order valence-corrected chi connectivity index (χ3v) is 5.67. The summed E-state index contributed by atoms with van der Waals surface area (Å²) in [5.74, 6) is 0.591. The van der Waals surface area contributed by atoms with Crippen molar-refractivity contribution >= 4 is 11.6 Å². The number of hydrogen-bond acceptors (Lipinski definition) is 4. The van der Waals surface area contributed by atoms with Crippen LogP contribution >= 0.6 is 0 Å². The van der Waals surface area contributed by atoms with E-state index in [0.717, 1.165) is 56.9 Å². The maximum absolute atomic E-state index is 12.9. The number of pyridine rings is 1. The standard InChI is InChI=1S/C22H27N3O2/c1-16-5-4-11-23-20(16)13-25-12-3-2-6-21(25)22(26)24-19-9-7-17(8-10-19)18-14-27-15-18/h4-5,7-11,18,21H,2-3,6,12-15H2,1H3,(H,24,26)/t21-/m1/s1. The smallest absolute Gasteiger partial charge is 0.241 e. The van der Waals surface area contributed by atoms with Crippen LogP contribution in [0.15, 0.2) is 42.6 Å². The fraction of sp³-hybridized carbons (Fsp3) is 0.455. The second-order valence-corrected chi connectivity index (χ2v) is 7.59. The zero-order valence-corrected chi connectivity index (χ0v) is 15.9. The fourth-order valence-electron chi connectivity index (χ4n) is 3.85. The average Bonchev–Trinajstić information content (AvgIpc) is 2.64. The van der Waals surface area contributed by atoms with Crippen LogP contribution in [0.4, 0.5) is 5.69 Å². The summed E-state index contributed by atoms with van der Waals surface area (Å²) in [6.07, 6.45) is 4.95. The number of amides is 1. The van der Waals surface area contributed by atoms with Crippen molar-refractivity contribution in [1.82, 2.24) is 9.88 Å². The molecule has 0 radical (unpaired) electrons. The lowest BCUT2D eigenvalue weighted by molar-refractivity contribution is -0.122. The van der Waals surface area contributed by atoms with Crippen LogP contribution in [0, 0.1) is 6.92 Å². The Balaban J connectivity index is 1.41. The monoisotopic (exact) mass is 365 g/mol. The second kappa shape index (κ2) is 8.19. The number of nitrogens with zero attached hydrogens (tertiary/aromatic N) is 2. The number of rotatable bonds is 5. The number of likely N-dealkylation sites (tertiary alicyclic amines) is 1. The quantitative estimate of drug-likeness (QED) is 0.881. The Kier molecular flexibility index (Phi) is 5.50. The number of aryl methyl sites for hydroxylation is 1. The van der Waals surface area contributed by atoms with Gasteiger partial charge in [-0.2, -0.15) is 0 Å². The fourth-order valence-corrected chi connectivity index (χ4v) is 3.85. The summed E-state index contributed by atoms with van der Waals surface area (Å²) in [7, 11) is 0. The molecule has 0 unspecified atom stereocenters. The van der Waals surface area contributed by atoms with Gasteiger partial charge in [0.2, 0.25) is 5.91 Å². The number of anilines is 1. The molecule has 0 aliphatic carbocycles. The van der Waals surface area contributed by atoms with E-state index in [1.165, 1.54) is 11.1 Å². The second-order valence-electron chi connectivity index (χ2n) is 7.59. The van der Waals surface area contributed by atoms with E-state index in [4.69, 9.17) is 4.74 Å². The largest absolute Gasteiger partial charge is 0.380 e. The van der Waals surface area contributed by atoms with Crippen LogP contribution in [0.3, 0.4) is 0 Å². The molecule has 0 saturated carbocycles. The number of ether oxygens (including phenoxy) is 1. The van der Waals surface area contributed by atoms with Crippen molar-refractivity contribution in [2.75, 3.05) is 25.1 Å². The number of nitrogens with one attached hydrogen (secondary N) is 1. The molecule has 5 heteroatoms. The minimum absolute atomic E-state index is 0.0861. The molecule has 0 spiro atoms. The van der Waals surface area contributed by atoms with Crippen molar-refractivity contribution < 1.29 is 9.53 Å². The number of hydrogen-bond donors (Lipinski definition) is 1. The highest BCUT2D eigenvalue weighted by molar-refractivity contribution is 5.94. The van der Waals surface area contributed by atoms with E-state index >= 15 is 0 Å². The lowest BCUT2D eigenvalue weighted by Crippen LogP contribution is -2.46. The topological polar surface area (TPSA) is 54.5 Å². The van der Waals surface area contributed by atoms with Gasteiger partial charge in [-0.05, 0) is 55.6 Å². The highest BCUT2D eigenvalue weighted by atomic mass is 16.5. The molecular weight excluding hydrogens is 338 g/mol. The normalized spacial score (nSPS) is 20.9. The number of piperidine rings is 1. The Morgan fingerprint density at radius 3 is 2.74 bits per heavy atom. The van der Waals surface area contributed by atoms with Crippen LogP contribution in [0.1, 0.15) is 42.0 Å². The predicted octanol–water partition coefficient (Wildman–Crippen LogP) is 3.50. The minimum atomic E-state index is -0.0973. The molecule has 2 aliphatic heterocycles. The van der Waals surface area contributed by atoms with Gasteiger partial charge in [0.25, 0.3) is 0 Å². The highest BCUT2D eigenvalue weighted by Gasteiger charge is 2.29. The molecule has 142 valence electrons. The lowest BCUT2D eigenvalue weighted by atomic mass is 9.97. The van der Waals surface area contributed by atoms with Gasteiger partial charge in [0, 0.05) is 24.3 Å². The third kappa shape index (κ3) is 4.20. The van der Waals surface area contributed by atoms with Crippen molar-refractivity contribution in [2.45, 2.75) is 44.7 Å². The Hall–Kier alpha value is -2.24. The molecule has 0 bridgehead atoms. The first-order valence-corrected chi connectivity index (χ1v) is 9.84. The van der Waals surface area contributed by atoms with Crippen LogP contribution < -0.4 is 5.32 Å². The minimum Gasteiger partial charge on any atom is -0.380 e. The molecule has 5 nitrogen and oxygen atoms in total. The van der Waals surface area contributed by atoms with Gasteiger partial charge < -0.3 is 10.1 Å². The maximum atomic E-state index is 12.9. The predicted molar refractivity (Wildman–Crippen MR) is 106 cm³/mol. The number of benzene rings is 1. The molecule has 2 aromatic rings. The van der Waals surface area contributed by atoms with Crippen molar-refractivity contribution in [3.8, 4) is 0 Å². The van der Waals surface area contributed by atoms with Gasteiger partial charge in [0.1, 0.15) is 0 Å². The van der Waals surface area contributed by atoms with Crippen LogP contribution in [0.25, 0.3) is 0 Å². The van der Waals surface area contributed by atoms with Gasteiger partial charge in [0.05, 0.1) is 24.9 Å². The van der Waals surface area contributed by atoms with E-state index in [0.29, 0.717) is 5.92 Å². The van der Waals surface area contributed by atoms with Crippen molar-refractivity contribution in [3.63, 3.8) is 0 Å². The van der Waals surface area contributed by atoms with Gasteiger partial charge in [-0.1, -0.05) is 24.6 Å². The first-order valence-electron chi connectivity index (χ1n) is 9.84. The van der Waals surface area contributed by atoms with Crippen LogP contribution in [0.2, 0.25) is 0 Å². The van der Waals surface area contributed by atoms with Crippen molar-refractivity contribution in [3.05, 3.63) is 59.4 Å². The molecule has 1 aromatic heterocycles. The maximum Gasteiger partial charge on any atom is 0.241 e. The summed E-state index contributed by atoms with van der Waals surface area (Å²) in [6.45, 7) is 5.35. The van der Waals surface area contributed by atoms with Crippen molar-refractivity contribution in [2.24, 2.45) is 0 Å². The molecule has 2 saturated heterocycles. The molecule has 4 rings (SSSR count). The van der Waals surface area contributed by atoms with E-state index in [1.54, 1.807) is 0 Å². The lowest BCUT2D eigenvalue weighted by Gasteiger charge is -2.34. The molecule has 1 amide bonds. The molecule has 2 fully saturated rings. The van der Waals surface area contributed by atoms with E-state index in [-0.39, 0.29) is 11.9 Å². The van der Waals surface area contributed by atoms with E-state index in [9.17, 15) is 4.79 Å². The van der Waals surface area contributed by atoms with Gasteiger partial charge in [-0.25, -0.2) is 0 Å². The summed E-state index contributed by atoms with van der Waals surface area (Å²) >= 11 is 0. The summed E-state index contributed by atoms with van der Waals surface area (Å²) in [5.41, 5.74) is 4.38. The molecular formula is C22H27N3O2. The van der Waals surface area contributed by atoms with Crippen molar-refractivity contribution in [1.29, 1.82) is 0 Å². The zero-order valence-electron chi connectivity index (χ0n) is 15.9. The third-order valence-electron chi connectivity index (χ3n) is 5.67. The van der Waals surface area contributed by atoms with E-state index < -0.39 is 0 Å². The van der Waals surface area contributed by atoms with Crippen LogP contribution in [-0.4, -0.2) is 41.6 Å². The number of aromatic nitrogens is 1. The SMILES string of the molecule is Cc1cccnc1CN1CCCC[C@@H]1C(=O)Nc1ccc(C2COC2)cc1. The van der Waals surface area contributed by atoms with Gasteiger partial charge in [-0.3, -0.25) is 14.7 Å². The zero-order chi connectivity index (χ0) is 18.6. The number of carbonyl (C=O) groups excluding carboxylic acids is 1. The summed E-state index contributed by atoms with van der Waals surface area (Å²) < 4.78 is 5.25. The Morgan fingerprint density at radius 2 is 2.04 bits per heavy atom. The number of carbonyl (C=O) groups is 1. The summed E-state index contributed by atoms with van der Waals surface area (Å²) in [5, 5.41) is 3.11. The molecule has 2 aliphatic rings. The first-order chi connectivity index (χ1) is 13.2. The molecule has 1 aromatic carbocycles. The molecule has 27 heavy (non-hydrogen) atoms. The Labute approximate surface area is 160 Å². The molecule has 1 atom stereocenters. The Morgan fingerprint density at radius 1 is 1.22 bits per heavy atom.